The van der Waals surface area contributed by atoms with Crippen LogP contribution in [0.25, 0.3) is 11.3 Å². The second kappa shape index (κ2) is 6.35. The van der Waals surface area contributed by atoms with E-state index in [0.29, 0.717) is 47.3 Å². The molecule has 7 heteroatoms. The molecule has 3 aromatic rings. The summed E-state index contributed by atoms with van der Waals surface area (Å²) in [5.41, 5.74) is 3.01. The number of hydrogen-bond donors (Lipinski definition) is 0. The molecule has 0 radical (unpaired) electrons. The van der Waals surface area contributed by atoms with E-state index in [9.17, 15) is 17.6 Å². The summed E-state index contributed by atoms with van der Waals surface area (Å²) in [7, 11) is -2.52. The highest BCUT2D eigenvalue weighted by Gasteiger charge is 2.30. The highest BCUT2D eigenvalue weighted by molar-refractivity contribution is 7.90. The quantitative estimate of drug-likeness (QED) is 0.645. The minimum absolute atomic E-state index is 0.173. The molecule has 0 amide bonds. The minimum Gasteiger partial charge on any atom is -0.496 e. The number of ether oxygens (including phenoxy) is 1. The monoisotopic (exact) mass is 385 g/mol. The van der Waals surface area contributed by atoms with Crippen LogP contribution in [0.4, 0.5) is 4.39 Å². The molecule has 1 aliphatic rings. The smallest absolute Gasteiger partial charge is 0.268 e. The highest BCUT2D eigenvalue weighted by Crippen LogP contribution is 2.41. The van der Waals surface area contributed by atoms with Gasteiger partial charge in [0.2, 0.25) is 0 Å². The Hall–Kier alpha value is -2.93. The maximum atomic E-state index is 13.6. The molecule has 0 fully saturated rings. The van der Waals surface area contributed by atoms with Crippen LogP contribution in [0.5, 0.6) is 5.75 Å². The molecule has 1 heterocycles. The molecule has 0 N–H and O–H groups in total. The lowest BCUT2D eigenvalue weighted by atomic mass is 9.88. The number of halogens is 1. The van der Waals surface area contributed by atoms with Crippen LogP contribution in [0.1, 0.15) is 21.5 Å². The van der Waals surface area contributed by atoms with E-state index in [1.54, 1.807) is 13.2 Å². The van der Waals surface area contributed by atoms with Gasteiger partial charge in [0.25, 0.3) is 10.0 Å². The maximum absolute atomic E-state index is 13.6. The summed E-state index contributed by atoms with van der Waals surface area (Å²) in [6.45, 7) is 0. The Balaban J connectivity index is 2.02. The Bertz CT molecular complexity index is 1160. The van der Waals surface area contributed by atoms with E-state index in [4.69, 9.17) is 4.74 Å². The molecule has 2 aromatic carbocycles. The molecule has 0 saturated heterocycles. The summed E-state index contributed by atoms with van der Waals surface area (Å²) in [5, 5.41) is 0. The van der Waals surface area contributed by atoms with E-state index >= 15 is 0 Å². The van der Waals surface area contributed by atoms with Crippen molar-refractivity contribution in [1.82, 2.24) is 3.97 Å². The van der Waals surface area contributed by atoms with Crippen LogP contribution in [-0.2, 0) is 22.9 Å². The van der Waals surface area contributed by atoms with Crippen molar-refractivity contribution < 1.29 is 22.3 Å². The second-order valence-corrected chi connectivity index (χ2v) is 8.09. The summed E-state index contributed by atoms with van der Waals surface area (Å²) < 4.78 is 46.5. The summed E-state index contributed by atoms with van der Waals surface area (Å²) >= 11 is 0. The zero-order valence-corrected chi connectivity index (χ0v) is 15.3. The van der Waals surface area contributed by atoms with Gasteiger partial charge in [-0.2, -0.15) is 0 Å². The van der Waals surface area contributed by atoms with Crippen LogP contribution >= 0.6 is 0 Å². The fourth-order valence-corrected chi connectivity index (χ4v) is 5.04. The Morgan fingerprint density at radius 1 is 1.11 bits per heavy atom. The molecular weight excluding hydrogens is 369 g/mol. The van der Waals surface area contributed by atoms with Crippen LogP contribution in [0.15, 0.2) is 53.6 Å². The molecule has 0 bridgehead atoms. The fourth-order valence-electron chi connectivity index (χ4n) is 3.60. The maximum Gasteiger partial charge on any atom is 0.268 e. The number of aldehydes is 1. The van der Waals surface area contributed by atoms with Crippen molar-refractivity contribution in [3.8, 4) is 17.0 Å². The first-order valence-corrected chi connectivity index (χ1v) is 9.78. The van der Waals surface area contributed by atoms with E-state index < -0.39 is 15.8 Å². The molecule has 27 heavy (non-hydrogen) atoms. The number of hydrogen-bond acceptors (Lipinski definition) is 4. The van der Waals surface area contributed by atoms with E-state index in [2.05, 4.69) is 0 Å². The second-order valence-electron chi connectivity index (χ2n) is 6.27. The number of carbonyl (C=O) groups excluding carboxylic acids is 1. The summed E-state index contributed by atoms with van der Waals surface area (Å²) in [6, 6.07) is 10.2. The molecule has 138 valence electrons. The summed E-state index contributed by atoms with van der Waals surface area (Å²) in [6.07, 6.45) is 3.12. The van der Waals surface area contributed by atoms with Crippen LogP contribution in [0.2, 0.25) is 0 Å². The van der Waals surface area contributed by atoms with E-state index in [0.717, 1.165) is 15.6 Å². The van der Waals surface area contributed by atoms with E-state index in [1.807, 2.05) is 12.1 Å². The lowest BCUT2D eigenvalue weighted by molar-refractivity contribution is 0.112. The number of benzene rings is 2. The van der Waals surface area contributed by atoms with Crippen molar-refractivity contribution in [2.75, 3.05) is 7.11 Å². The molecule has 1 aliphatic carbocycles. The van der Waals surface area contributed by atoms with Gasteiger partial charge >= 0.3 is 0 Å². The van der Waals surface area contributed by atoms with E-state index in [-0.39, 0.29) is 4.90 Å². The summed E-state index contributed by atoms with van der Waals surface area (Å²) in [4.78, 5) is 11.4. The normalized spacial score (nSPS) is 13.0. The van der Waals surface area contributed by atoms with Crippen molar-refractivity contribution in [3.05, 3.63) is 71.2 Å². The van der Waals surface area contributed by atoms with Crippen molar-refractivity contribution in [2.24, 2.45) is 0 Å². The molecule has 5 nitrogen and oxygen atoms in total. The predicted octanol–water partition coefficient (Wildman–Crippen LogP) is 3.45. The SMILES string of the molecule is COc1cccc2c1CCc1c(C=O)cn(S(=O)(=O)c3cccc(F)c3)c1-2. The van der Waals surface area contributed by atoms with Crippen molar-refractivity contribution >= 4 is 16.3 Å². The number of nitrogens with zero attached hydrogens (tertiary/aromatic N) is 1. The number of methoxy groups -OCH3 is 1. The Morgan fingerprint density at radius 3 is 2.56 bits per heavy atom. The van der Waals surface area contributed by atoms with Crippen molar-refractivity contribution in [2.45, 2.75) is 17.7 Å². The largest absolute Gasteiger partial charge is 0.496 e. The molecular formula is C20H16FNO4S. The van der Waals surface area contributed by atoms with Crippen LogP contribution in [0.3, 0.4) is 0 Å². The lowest BCUT2D eigenvalue weighted by Crippen LogP contribution is -2.16. The Kier molecular flexibility index (Phi) is 4.11. The van der Waals surface area contributed by atoms with Gasteiger partial charge in [0.15, 0.2) is 6.29 Å². The number of fused-ring (bicyclic) bond motifs is 3. The van der Waals surface area contributed by atoms with Crippen molar-refractivity contribution in [1.29, 1.82) is 0 Å². The molecule has 0 saturated carbocycles. The van der Waals surface area contributed by atoms with Gasteiger partial charge < -0.3 is 4.74 Å². The van der Waals surface area contributed by atoms with Crippen LogP contribution in [0, 0.1) is 5.82 Å². The zero-order valence-electron chi connectivity index (χ0n) is 14.5. The molecule has 0 spiro atoms. The number of aromatic nitrogens is 1. The first-order chi connectivity index (χ1) is 13.0. The standard InChI is InChI=1S/C20H16FNO4S/c1-26-19-7-3-6-18-17(19)9-8-16-13(12-23)11-22(20(16)18)27(24,25)15-5-2-4-14(21)10-15/h2-7,10-12H,8-9H2,1H3. The first-order valence-electron chi connectivity index (χ1n) is 8.34. The topological polar surface area (TPSA) is 65.4 Å². The average Bonchev–Trinajstić information content (AvgIpc) is 3.07. The van der Waals surface area contributed by atoms with Gasteiger partial charge in [-0.25, -0.2) is 16.8 Å². The molecule has 1 aromatic heterocycles. The van der Waals surface area contributed by atoms with Gasteiger partial charge in [-0.05, 0) is 42.7 Å². The molecule has 0 aliphatic heterocycles. The molecule has 0 atom stereocenters. The van der Waals surface area contributed by atoms with E-state index in [1.165, 1.54) is 24.4 Å². The number of carbonyl (C=O) groups is 1. The average molecular weight is 385 g/mol. The highest BCUT2D eigenvalue weighted by atomic mass is 32.2. The Morgan fingerprint density at radius 2 is 1.85 bits per heavy atom. The first kappa shape index (κ1) is 17.5. The van der Waals surface area contributed by atoms with Gasteiger partial charge in [0, 0.05) is 22.9 Å². The molecule has 0 unspecified atom stereocenters. The fraction of sp³-hybridized carbons (Fsp3) is 0.150. The third-order valence-corrected chi connectivity index (χ3v) is 6.48. The van der Waals surface area contributed by atoms with Gasteiger partial charge in [-0.3, -0.25) is 4.79 Å². The number of rotatable bonds is 4. The van der Waals surface area contributed by atoms with Gasteiger partial charge in [-0.1, -0.05) is 18.2 Å². The predicted molar refractivity (Wildman–Crippen MR) is 98.2 cm³/mol. The van der Waals surface area contributed by atoms with Crippen LogP contribution < -0.4 is 4.74 Å². The third-order valence-electron chi connectivity index (χ3n) is 4.82. The van der Waals surface area contributed by atoms with Crippen LogP contribution in [-0.4, -0.2) is 25.8 Å². The van der Waals surface area contributed by atoms with Gasteiger partial charge in [-0.15, -0.1) is 0 Å². The third kappa shape index (κ3) is 2.66. The molecule has 4 rings (SSSR count). The zero-order chi connectivity index (χ0) is 19.2. The van der Waals surface area contributed by atoms with Gasteiger partial charge in [0.05, 0.1) is 17.7 Å². The van der Waals surface area contributed by atoms with Gasteiger partial charge in [0.1, 0.15) is 11.6 Å². The minimum atomic E-state index is -4.08. The Labute approximate surface area is 156 Å². The summed E-state index contributed by atoms with van der Waals surface area (Å²) in [5.74, 6) is 0.0245. The van der Waals surface area contributed by atoms with Crippen molar-refractivity contribution in [3.63, 3.8) is 0 Å². The lowest BCUT2D eigenvalue weighted by Gasteiger charge is -2.22.